The first-order valence-electron chi connectivity index (χ1n) is 6.78. The predicted octanol–water partition coefficient (Wildman–Crippen LogP) is 1.40. The van der Waals surface area contributed by atoms with Crippen LogP contribution >= 0.6 is 22.6 Å². The molecule has 0 N–H and O–H groups in total. The Labute approximate surface area is 140 Å². The predicted molar refractivity (Wildman–Crippen MR) is 93.2 cm³/mol. The second kappa shape index (κ2) is 5.38. The maximum Gasteiger partial charge on any atom is 0.332 e. The summed E-state index contributed by atoms with van der Waals surface area (Å²) in [7, 11) is 3.13. The molecule has 3 aromatic rings. The number of nitrogens with zero attached hydrogens (tertiary/aromatic N) is 4. The van der Waals surface area contributed by atoms with Crippen molar-refractivity contribution in [2.45, 2.75) is 13.5 Å². The smallest absolute Gasteiger partial charge is 0.301 e. The van der Waals surface area contributed by atoms with Crippen molar-refractivity contribution >= 4 is 33.8 Å². The van der Waals surface area contributed by atoms with Crippen molar-refractivity contribution in [3.8, 4) is 0 Å². The molecule has 0 amide bonds. The molecule has 0 aliphatic rings. The Morgan fingerprint density at radius 1 is 1.14 bits per heavy atom. The molecule has 3 rings (SSSR count). The van der Waals surface area contributed by atoms with Crippen LogP contribution < -0.4 is 11.2 Å². The Hall–Kier alpha value is -1.90. The lowest BCUT2D eigenvalue weighted by Crippen LogP contribution is -2.37. The summed E-state index contributed by atoms with van der Waals surface area (Å²) in [6.07, 6.45) is 0. The van der Waals surface area contributed by atoms with Crippen molar-refractivity contribution in [1.82, 2.24) is 18.7 Å². The van der Waals surface area contributed by atoms with Gasteiger partial charge in [-0.25, -0.2) is 9.78 Å². The van der Waals surface area contributed by atoms with E-state index in [4.69, 9.17) is 0 Å². The lowest BCUT2D eigenvalue weighted by atomic mass is 10.1. The van der Waals surface area contributed by atoms with E-state index in [1.807, 2.05) is 35.8 Å². The largest absolute Gasteiger partial charge is 0.332 e. The van der Waals surface area contributed by atoms with Crippen LogP contribution in [0.2, 0.25) is 0 Å². The summed E-state index contributed by atoms with van der Waals surface area (Å²) in [5.74, 6) is 0. The minimum Gasteiger partial charge on any atom is -0.301 e. The standard InChI is InChI=1S/C15H15IN4O2/c1-9-6-4-5-7-10(9)8-20-12-11(17-14(20)16)13(21)19(3)15(22)18(12)2/h4-7H,8H2,1-3H3. The summed E-state index contributed by atoms with van der Waals surface area (Å²) in [4.78, 5) is 28.8. The molecule has 7 heteroatoms. The van der Waals surface area contributed by atoms with Crippen molar-refractivity contribution in [3.63, 3.8) is 0 Å². The van der Waals surface area contributed by atoms with Crippen molar-refractivity contribution in [1.29, 1.82) is 0 Å². The Morgan fingerprint density at radius 3 is 2.50 bits per heavy atom. The summed E-state index contributed by atoms with van der Waals surface area (Å²) in [5.41, 5.74) is 2.46. The van der Waals surface area contributed by atoms with Crippen molar-refractivity contribution in [3.05, 3.63) is 60.1 Å². The topological polar surface area (TPSA) is 61.8 Å². The molecule has 0 spiro atoms. The van der Waals surface area contributed by atoms with Crippen LogP contribution in [0.1, 0.15) is 11.1 Å². The number of aryl methyl sites for hydroxylation is 2. The van der Waals surface area contributed by atoms with E-state index in [-0.39, 0.29) is 11.2 Å². The first-order valence-corrected chi connectivity index (χ1v) is 7.86. The molecule has 0 aliphatic carbocycles. The number of hydrogen-bond donors (Lipinski definition) is 0. The van der Waals surface area contributed by atoms with Gasteiger partial charge < -0.3 is 4.57 Å². The van der Waals surface area contributed by atoms with Crippen LogP contribution in [0.15, 0.2) is 33.9 Å². The van der Waals surface area contributed by atoms with Gasteiger partial charge in [-0.3, -0.25) is 13.9 Å². The van der Waals surface area contributed by atoms with Crippen LogP contribution in [-0.4, -0.2) is 18.7 Å². The van der Waals surface area contributed by atoms with Crippen molar-refractivity contribution < 1.29 is 0 Å². The van der Waals surface area contributed by atoms with Crippen LogP contribution in [0.3, 0.4) is 0 Å². The van der Waals surface area contributed by atoms with Gasteiger partial charge in [0, 0.05) is 36.7 Å². The number of rotatable bonds is 2. The molecule has 0 aliphatic heterocycles. The van der Waals surface area contributed by atoms with Crippen LogP contribution in [0.4, 0.5) is 0 Å². The molecule has 0 fully saturated rings. The minimum atomic E-state index is -0.362. The van der Waals surface area contributed by atoms with Crippen LogP contribution in [0.5, 0.6) is 0 Å². The molecule has 0 unspecified atom stereocenters. The summed E-state index contributed by atoms with van der Waals surface area (Å²) in [6.45, 7) is 2.61. The molecule has 1 aromatic carbocycles. The average Bonchev–Trinajstić information content (AvgIpc) is 2.82. The lowest BCUT2D eigenvalue weighted by Gasteiger charge is -2.11. The van der Waals surface area contributed by atoms with Gasteiger partial charge in [-0.2, -0.15) is 0 Å². The second-order valence-electron chi connectivity index (χ2n) is 5.27. The van der Waals surface area contributed by atoms with E-state index in [0.717, 1.165) is 15.7 Å². The summed E-state index contributed by atoms with van der Waals surface area (Å²) >= 11 is 2.10. The van der Waals surface area contributed by atoms with Gasteiger partial charge in [0.2, 0.25) is 0 Å². The number of benzene rings is 1. The zero-order valence-electron chi connectivity index (χ0n) is 12.5. The fourth-order valence-electron chi connectivity index (χ4n) is 2.56. The maximum atomic E-state index is 12.3. The van der Waals surface area contributed by atoms with E-state index < -0.39 is 0 Å². The lowest BCUT2D eigenvalue weighted by molar-refractivity contribution is 0.684. The Kier molecular flexibility index (Phi) is 3.67. The van der Waals surface area contributed by atoms with E-state index in [0.29, 0.717) is 21.5 Å². The van der Waals surface area contributed by atoms with Crippen molar-refractivity contribution in [2.24, 2.45) is 14.1 Å². The highest BCUT2D eigenvalue weighted by Gasteiger charge is 2.18. The summed E-state index contributed by atoms with van der Waals surface area (Å²) < 4.78 is 5.16. The van der Waals surface area contributed by atoms with Gasteiger partial charge >= 0.3 is 5.69 Å². The second-order valence-corrected chi connectivity index (χ2v) is 6.24. The Balaban J connectivity index is 2.32. The Bertz CT molecular complexity index is 997. The van der Waals surface area contributed by atoms with Gasteiger partial charge in [0.05, 0.1) is 6.54 Å². The molecule has 6 nitrogen and oxygen atoms in total. The van der Waals surface area contributed by atoms with Gasteiger partial charge in [0.15, 0.2) is 15.0 Å². The molecule has 0 saturated heterocycles. The molecule has 22 heavy (non-hydrogen) atoms. The minimum absolute atomic E-state index is 0.322. The van der Waals surface area contributed by atoms with Gasteiger partial charge in [-0.05, 0) is 18.1 Å². The van der Waals surface area contributed by atoms with Crippen molar-refractivity contribution in [2.75, 3.05) is 0 Å². The number of hydrogen-bond acceptors (Lipinski definition) is 3. The molecule has 0 bridgehead atoms. The van der Waals surface area contributed by atoms with Gasteiger partial charge in [-0.1, -0.05) is 24.3 Å². The molecule has 0 atom stereocenters. The van der Waals surface area contributed by atoms with E-state index in [1.54, 1.807) is 7.05 Å². The fourth-order valence-corrected chi connectivity index (χ4v) is 3.20. The zero-order chi connectivity index (χ0) is 16.0. The third kappa shape index (κ3) is 2.20. The van der Waals surface area contributed by atoms with Crippen LogP contribution in [0, 0.1) is 10.8 Å². The third-order valence-electron chi connectivity index (χ3n) is 3.88. The van der Waals surface area contributed by atoms with E-state index in [9.17, 15) is 9.59 Å². The van der Waals surface area contributed by atoms with E-state index in [1.165, 1.54) is 11.6 Å². The fraction of sp³-hybridized carbons (Fsp3) is 0.267. The van der Waals surface area contributed by atoms with E-state index >= 15 is 0 Å². The molecular weight excluding hydrogens is 395 g/mol. The normalized spacial score (nSPS) is 11.3. The Morgan fingerprint density at radius 2 is 1.82 bits per heavy atom. The number of fused-ring (bicyclic) bond motifs is 1. The number of halogens is 1. The molecule has 114 valence electrons. The van der Waals surface area contributed by atoms with Gasteiger partial charge in [0.25, 0.3) is 5.56 Å². The monoisotopic (exact) mass is 410 g/mol. The average molecular weight is 410 g/mol. The van der Waals surface area contributed by atoms with Gasteiger partial charge in [-0.15, -0.1) is 0 Å². The first kappa shape index (κ1) is 15.0. The zero-order valence-corrected chi connectivity index (χ0v) is 14.7. The summed E-state index contributed by atoms with van der Waals surface area (Å²) in [5, 5.41) is 0. The first-order chi connectivity index (χ1) is 10.4. The highest BCUT2D eigenvalue weighted by molar-refractivity contribution is 14.1. The molecular formula is C15H15IN4O2. The van der Waals surface area contributed by atoms with E-state index in [2.05, 4.69) is 27.6 Å². The highest BCUT2D eigenvalue weighted by atomic mass is 127. The molecule has 2 heterocycles. The quantitative estimate of drug-likeness (QED) is 0.474. The number of aromatic nitrogens is 4. The van der Waals surface area contributed by atoms with Crippen LogP contribution in [0.25, 0.3) is 11.2 Å². The van der Waals surface area contributed by atoms with Gasteiger partial charge in [0.1, 0.15) is 0 Å². The molecule has 0 radical (unpaired) electrons. The third-order valence-corrected chi connectivity index (χ3v) is 4.71. The SMILES string of the molecule is Cc1ccccc1Cn1c(I)nc2c(=O)n(C)c(=O)n(C)c21. The molecule has 0 saturated carbocycles. The van der Waals surface area contributed by atoms with Crippen LogP contribution in [-0.2, 0) is 20.6 Å². The maximum absolute atomic E-state index is 12.3. The summed E-state index contributed by atoms with van der Waals surface area (Å²) in [6, 6.07) is 8.05. The highest BCUT2D eigenvalue weighted by Crippen LogP contribution is 2.17. The number of imidazole rings is 1. The molecule has 2 aromatic heterocycles.